The Morgan fingerprint density at radius 3 is 0.750 bits per heavy atom. The summed E-state index contributed by atoms with van der Waals surface area (Å²) in [6, 6.07) is 0. The monoisotopic (exact) mass is 1550 g/mol. The Bertz CT molecular complexity index is 2610. The van der Waals surface area contributed by atoms with Gasteiger partial charge >= 0.3 is 39.5 Å². The predicted octanol–water partition coefficient (Wildman–Crippen LogP) is 25.0. The first-order valence-corrected chi connectivity index (χ1v) is 45.1. The van der Waals surface area contributed by atoms with Crippen molar-refractivity contribution in [1.82, 2.24) is 0 Å². The van der Waals surface area contributed by atoms with Gasteiger partial charge in [-0.2, -0.15) is 0 Å². The quantitative estimate of drug-likeness (QED) is 0.0169. The highest BCUT2D eigenvalue weighted by atomic mass is 31.2. The van der Waals surface area contributed by atoms with Crippen LogP contribution in [0.4, 0.5) is 0 Å². The number of hydrogen-bond acceptors (Lipinski definition) is 15. The minimum atomic E-state index is -5.00. The van der Waals surface area contributed by atoms with Crippen LogP contribution in [0.25, 0.3) is 0 Å². The molecule has 0 aromatic carbocycles. The summed E-state index contributed by atoms with van der Waals surface area (Å²) in [5.74, 6) is -2.24. The number of carbonyl (C=O) groups is 4. The second-order valence-corrected chi connectivity index (χ2v) is 30.5. The smallest absolute Gasteiger partial charge is 0.462 e. The molecule has 0 radical (unpaired) electrons. The standard InChI is InChI=1S/C89H150O17P2/c1-5-9-13-17-21-25-29-33-37-39-41-43-47-50-54-58-62-66-70-74-87(92)100-80-85(106-89(94)76-72-68-64-60-56-52-48-44-42-40-38-34-30-26-22-18-14-10-6-2)82-104-108(97,98)102-78-83(90)77-101-107(95,96)103-81-84(105-88(93)75-71-67-63-59-55-51-46-36-32-28-24-20-16-12-8-4)79-99-86(91)73-69-65-61-57-53-49-45-35-31-27-23-19-15-11-7-3/h9-11,13-15,21-23,25-27,33-35,37-38,41-45,50,54,83-85,90H,5-8,12,16-20,24,28-32,36,39-40,46-49,51-53,55-82H2,1-4H3,(H,95,96)(H,97,98)/b13-9-,14-10-,15-11-,25-21-,26-22-,27-23-,37-33-,38-34-,43-41-,44-42-,45-35-,54-50-. The molecule has 618 valence electrons. The average molecular weight is 1550 g/mol. The highest BCUT2D eigenvalue weighted by Crippen LogP contribution is 2.45. The molecule has 3 N–H and O–H groups in total. The third kappa shape index (κ3) is 79.0. The van der Waals surface area contributed by atoms with E-state index in [0.717, 1.165) is 193 Å². The second kappa shape index (κ2) is 80.0. The van der Waals surface area contributed by atoms with Crippen molar-refractivity contribution in [3.8, 4) is 0 Å². The van der Waals surface area contributed by atoms with Gasteiger partial charge in [-0.05, 0) is 141 Å². The number of rotatable bonds is 78. The summed E-state index contributed by atoms with van der Waals surface area (Å²) in [6.07, 6.45) is 92.4. The summed E-state index contributed by atoms with van der Waals surface area (Å²) < 4.78 is 68.8. The van der Waals surface area contributed by atoms with E-state index in [9.17, 15) is 43.2 Å². The van der Waals surface area contributed by atoms with Crippen LogP contribution in [0.15, 0.2) is 146 Å². The van der Waals surface area contributed by atoms with Crippen LogP contribution in [-0.4, -0.2) is 96.7 Å². The molecule has 0 aliphatic carbocycles. The Morgan fingerprint density at radius 2 is 0.481 bits per heavy atom. The summed E-state index contributed by atoms with van der Waals surface area (Å²) in [4.78, 5) is 73.2. The van der Waals surface area contributed by atoms with Gasteiger partial charge < -0.3 is 33.8 Å². The molecular formula is C89H150O17P2. The Morgan fingerprint density at radius 1 is 0.269 bits per heavy atom. The van der Waals surface area contributed by atoms with Crippen LogP contribution in [0.3, 0.4) is 0 Å². The molecule has 0 aromatic rings. The lowest BCUT2D eigenvalue weighted by Gasteiger charge is -2.21. The third-order valence-corrected chi connectivity index (χ3v) is 19.2. The van der Waals surface area contributed by atoms with E-state index < -0.39 is 97.5 Å². The molecule has 0 bridgehead atoms. The highest BCUT2D eigenvalue weighted by molar-refractivity contribution is 7.47. The molecule has 17 nitrogen and oxygen atoms in total. The van der Waals surface area contributed by atoms with Crippen molar-refractivity contribution >= 4 is 39.5 Å². The fourth-order valence-corrected chi connectivity index (χ4v) is 12.6. The number of hydrogen-bond donors (Lipinski definition) is 3. The molecule has 0 amide bonds. The van der Waals surface area contributed by atoms with Gasteiger partial charge in [0.2, 0.25) is 0 Å². The van der Waals surface area contributed by atoms with Crippen molar-refractivity contribution in [2.45, 2.75) is 354 Å². The molecule has 5 unspecified atom stereocenters. The minimum absolute atomic E-state index is 0.0668. The van der Waals surface area contributed by atoms with E-state index in [-0.39, 0.29) is 25.7 Å². The van der Waals surface area contributed by atoms with Gasteiger partial charge in [-0.1, -0.05) is 315 Å². The van der Waals surface area contributed by atoms with E-state index in [1.54, 1.807) is 0 Å². The number of aliphatic hydroxyl groups excluding tert-OH is 1. The number of unbranched alkanes of at least 4 members (excludes halogenated alkanes) is 28. The zero-order valence-corrected chi connectivity index (χ0v) is 69.5. The van der Waals surface area contributed by atoms with Crippen LogP contribution in [0.5, 0.6) is 0 Å². The van der Waals surface area contributed by atoms with Crippen molar-refractivity contribution in [2.24, 2.45) is 0 Å². The maximum atomic E-state index is 13.1. The molecule has 0 saturated heterocycles. The van der Waals surface area contributed by atoms with E-state index in [0.29, 0.717) is 25.7 Å². The molecule has 0 rings (SSSR count). The third-order valence-electron chi connectivity index (χ3n) is 17.3. The van der Waals surface area contributed by atoms with Gasteiger partial charge in [-0.15, -0.1) is 0 Å². The zero-order valence-electron chi connectivity index (χ0n) is 67.7. The molecule has 0 aromatic heterocycles. The van der Waals surface area contributed by atoms with E-state index >= 15 is 0 Å². The van der Waals surface area contributed by atoms with Crippen LogP contribution >= 0.6 is 15.6 Å². The van der Waals surface area contributed by atoms with Crippen LogP contribution < -0.4 is 0 Å². The van der Waals surface area contributed by atoms with Gasteiger partial charge in [-0.25, -0.2) is 9.13 Å². The van der Waals surface area contributed by atoms with Gasteiger partial charge in [0, 0.05) is 25.7 Å². The van der Waals surface area contributed by atoms with Gasteiger partial charge in [0.25, 0.3) is 0 Å². The maximum Gasteiger partial charge on any atom is 0.472 e. The lowest BCUT2D eigenvalue weighted by atomic mass is 10.0. The number of aliphatic hydroxyl groups is 1. The summed E-state index contributed by atoms with van der Waals surface area (Å²) in [7, 11) is -9.99. The topological polar surface area (TPSA) is 237 Å². The van der Waals surface area contributed by atoms with E-state index in [2.05, 4.69) is 174 Å². The number of allylic oxidation sites excluding steroid dienone is 24. The van der Waals surface area contributed by atoms with Crippen LogP contribution in [0.1, 0.15) is 336 Å². The highest BCUT2D eigenvalue weighted by Gasteiger charge is 2.30. The molecule has 0 aliphatic heterocycles. The van der Waals surface area contributed by atoms with Crippen molar-refractivity contribution in [3.63, 3.8) is 0 Å². The molecule has 0 aliphatic rings. The molecule has 19 heteroatoms. The average Bonchev–Trinajstić information content (AvgIpc) is 0.896. The first kappa shape index (κ1) is 103. The maximum absolute atomic E-state index is 13.1. The number of ether oxygens (including phenoxy) is 4. The molecule has 0 spiro atoms. The van der Waals surface area contributed by atoms with Crippen LogP contribution in [0, 0.1) is 0 Å². The number of esters is 4. The van der Waals surface area contributed by atoms with Gasteiger partial charge in [0.15, 0.2) is 12.2 Å². The Balaban J connectivity index is 5.43. The van der Waals surface area contributed by atoms with Gasteiger partial charge in [0.05, 0.1) is 26.4 Å². The van der Waals surface area contributed by atoms with Crippen molar-refractivity contribution in [3.05, 3.63) is 146 Å². The zero-order chi connectivity index (χ0) is 78.9. The Kier molecular flexibility index (Phi) is 76.3. The lowest BCUT2D eigenvalue weighted by molar-refractivity contribution is -0.161. The van der Waals surface area contributed by atoms with E-state index in [1.165, 1.54) is 64.2 Å². The number of phosphoric ester groups is 2. The van der Waals surface area contributed by atoms with Gasteiger partial charge in [-0.3, -0.25) is 37.3 Å². The molecular weight excluding hydrogens is 1400 g/mol. The number of carbonyl (C=O) groups excluding carboxylic acids is 4. The van der Waals surface area contributed by atoms with Crippen molar-refractivity contribution in [1.29, 1.82) is 0 Å². The fraction of sp³-hybridized carbons (Fsp3) is 0.685. The largest absolute Gasteiger partial charge is 0.472 e. The van der Waals surface area contributed by atoms with Crippen molar-refractivity contribution < 1.29 is 80.2 Å². The second-order valence-electron chi connectivity index (χ2n) is 27.6. The summed E-state index contributed by atoms with van der Waals surface area (Å²) in [5, 5.41) is 10.7. The SMILES string of the molecule is CC/C=C\C/C=C\C/C=C\C/C=C\C/C=C\CCCCCC(=O)OCC(COP(=O)(O)OCC(O)COP(=O)(O)OCC(COC(=O)CCCCCCC/C=C\C/C=C\C/C=C\CC)OC(=O)CCCCCCCCCCCCCCCCC)OC(=O)CCCCCCCC/C=C\C/C=C\C/C=C\C/C=C\CC. The van der Waals surface area contributed by atoms with Crippen molar-refractivity contribution in [2.75, 3.05) is 39.6 Å². The molecule has 0 heterocycles. The van der Waals surface area contributed by atoms with Crippen LogP contribution in [0.2, 0.25) is 0 Å². The van der Waals surface area contributed by atoms with E-state index in [4.69, 9.17) is 37.0 Å². The summed E-state index contributed by atoms with van der Waals surface area (Å²) in [6.45, 7) is 4.50. The molecule has 0 fully saturated rings. The minimum Gasteiger partial charge on any atom is -0.462 e. The first-order valence-electron chi connectivity index (χ1n) is 42.1. The van der Waals surface area contributed by atoms with E-state index in [1.807, 2.05) is 0 Å². The van der Waals surface area contributed by atoms with Gasteiger partial charge in [0.1, 0.15) is 19.3 Å². The fourth-order valence-electron chi connectivity index (χ4n) is 11.0. The summed E-state index contributed by atoms with van der Waals surface area (Å²) >= 11 is 0. The summed E-state index contributed by atoms with van der Waals surface area (Å²) in [5.41, 5.74) is 0. The molecule has 108 heavy (non-hydrogen) atoms. The Labute approximate surface area is 656 Å². The number of phosphoric acid groups is 2. The predicted molar refractivity (Wildman–Crippen MR) is 445 cm³/mol. The first-order chi connectivity index (χ1) is 52.7. The molecule has 5 atom stereocenters. The molecule has 0 saturated carbocycles. The Hall–Kier alpha value is -5.06. The van der Waals surface area contributed by atoms with Crippen LogP contribution in [-0.2, 0) is 65.4 Å². The normalized spacial score (nSPS) is 14.5. The lowest BCUT2D eigenvalue weighted by Crippen LogP contribution is -2.30.